The van der Waals surface area contributed by atoms with Gasteiger partial charge < -0.3 is 21.3 Å². The minimum Gasteiger partial charge on any atom is -0.374 e. The van der Waals surface area contributed by atoms with E-state index in [2.05, 4.69) is 15.6 Å². The Morgan fingerprint density at radius 2 is 2.12 bits per heavy atom. The Labute approximate surface area is 195 Å². The highest BCUT2D eigenvalue weighted by molar-refractivity contribution is 6.44. The fourth-order valence-corrected chi connectivity index (χ4v) is 3.92. The second-order valence-corrected chi connectivity index (χ2v) is 8.04. The lowest BCUT2D eigenvalue weighted by molar-refractivity contribution is -0.137. The monoisotopic (exact) mass is 474 g/mol. The molecule has 174 valence electrons. The molecule has 1 aliphatic heterocycles. The van der Waals surface area contributed by atoms with Crippen molar-refractivity contribution in [1.29, 1.82) is 5.41 Å². The number of nitrogens with zero attached hydrogens (tertiary/aromatic N) is 2. The molecule has 1 saturated heterocycles. The number of likely N-dealkylation sites (tertiary alicyclic amines) is 1. The van der Waals surface area contributed by atoms with Crippen molar-refractivity contribution in [2.45, 2.75) is 31.8 Å². The van der Waals surface area contributed by atoms with E-state index < -0.39 is 29.5 Å². The maximum Gasteiger partial charge on any atom is 0.267 e. The first-order valence-corrected chi connectivity index (χ1v) is 10.7. The first-order valence-electron chi connectivity index (χ1n) is 10.3. The van der Waals surface area contributed by atoms with Crippen LogP contribution in [0.3, 0.4) is 0 Å². The molecule has 1 aromatic carbocycles. The molecule has 0 bridgehead atoms. The van der Waals surface area contributed by atoms with Gasteiger partial charge in [0.15, 0.2) is 0 Å². The predicted octanol–water partition coefficient (Wildman–Crippen LogP) is 2.01. The van der Waals surface area contributed by atoms with Crippen molar-refractivity contribution in [3.8, 4) is 0 Å². The fourth-order valence-electron chi connectivity index (χ4n) is 3.74. The molecule has 2 aromatic rings. The van der Waals surface area contributed by atoms with Crippen LogP contribution in [-0.2, 0) is 14.4 Å². The third-order valence-corrected chi connectivity index (χ3v) is 5.74. The van der Waals surface area contributed by atoms with Crippen LogP contribution in [0.1, 0.15) is 36.9 Å². The minimum absolute atomic E-state index is 0.0310. The number of hydrogen-bond donors (Lipinski definition) is 4. The molecule has 3 amide bonds. The lowest BCUT2D eigenvalue weighted by Gasteiger charge is -2.26. The van der Waals surface area contributed by atoms with Crippen LogP contribution in [0.25, 0.3) is 0 Å². The molecule has 0 saturated carbocycles. The van der Waals surface area contributed by atoms with Crippen LogP contribution in [0.2, 0.25) is 5.02 Å². The van der Waals surface area contributed by atoms with Crippen molar-refractivity contribution >= 4 is 40.7 Å². The summed E-state index contributed by atoms with van der Waals surface area (Å²) in [7, 11) is 0. The first-order chi connectivity index (χ1) is 15.7. The summed E-state index contributed by atoms with van der Waals surface area (Å²) in [5, 5.41) is 13.4. The average molecular weight is 475 g/mol. The molecule has 2 atom stereocenters. The summed E-state index contributed by atoms with van der Waals surface area (Å²) in [5.74, 6) is -2.22. The van der Waals surface area contributed by atoms with Crippen molar-refractivity contribution in [3.63, 3.8) is 0 Å². The van der Waals surface area contributed by atoms with Gasteiger partial charge in [0.1, 0.15) is 17.6 Å². The number of hydrogen-bond acceptors (Lipinski definition) is 6. The Morgan fingerprint density at radius 1 is 1.36 bits per heavy atom. The highest BCUT2D eigenvalue weighted by Crippen LogP contribution is 2.25. The molecule has 33 heavy (non-hydrogen) atoms. The quantitative estimate of drug-likeness (QED) is 0.433. The zero-order valence-electron chi connectivity index (χ0n) is 17.9. The highest BCUT2D eigenvalue weighted by Gasteiger charge is 2.34. The number of nitrogens with two attached hydrogens (primary N) is 1. The number of halogens is 2. The molecule has 1 aromatic heterocycles. The lowest BCUT2D eigenvalue weighted by Crippen LogP contribution is -2.48. The Kier molecular flexibility index (Phi) is 7.59. The lowest BCUT2D eigenvalue weighted by atomic mass is 10.1. The van der Waals surface area contributed by atoms with Crippen LogP contribution in [0.15, 0.2) is 36.7 Å². The van der Waals surface area contributed by atoms with Gasteiger partial charge in [-0.1, -0.05) is 23.7 Å². The number of nitrogens with one attached hydrogen (secondary N) is 3. The molecular weight excluding hydrogens is 451 g/mol. The largest absolute Gasteiger partial charge is 0.374 e. The maximum atomic E-state index is 14.3. The Morgan fingerprint density at radius 3 is 2.85 bits per heavy atom. The van der Waals surface area contributed by atoms with Crippen molar-refractivity contribution in [2.24, 2.45) is 5.73 Å². The van der Waals surface area contributed by atoms with E-state index in [1.54, 1.807) is 19.1 Å². The molecule has 11 heteroatoms. The standard InChI is InChI=1S/C22H24ClFN6O3/c1-12(13-4-2-5-15(23)19(13)24)29-22(33)17-6-3-9-30(17)18(31)11-28-16-10-27-8-7-14(16)20(25)21(26)32/h2,4-5,7-8,10,12,17,25,28H,3,6,9,11H2,1H3,(H2,26,32)(H,29,33)/t12-,17+/m1/s1. The normalized spacial score (nSPS) is 16.2. The third kappa shape index (κ3) is 5.46. The molecule has 5 N–H and O–H groups in total. The third-order valence-electron chi connectivity index (χ3n) is 5.45. The van der Waals surface area contributed by atoms with E-state index in [-0.39, 0.29) is 34.5 Å². The molecule has 0 spiro atoms. The van der Waals surface area contributed by atoms with Crippen LogP contribution in [0.4, 0.5) is 10.1 Å². The van der Waals surface area contributed by atoms with Crippen molar-refractivity contribution in [1.82, 2.24) is 15.2 Å². The summed E-state index contributed by atoms with van der Waals surface area (Å²) in [6, 6.07) is 4.69. The average Bonchev–Trinajstić information content (AvgIpc) is 3.29. The Hall–Kier alpha value is -3.53. The number of anilines is 1. The zero-order valence-corrected chi connectivity index (χ0v) is 18.7. The van der Waals surface area contributed by atoms with Crippen molar-refractivity contribution < 1.29 is 18.8 Å². The minimum atomic E-state index is -0.905. The van der Waals surface area contributed by atoms with Crippen molar-refractivity contribution in [3.05, 3.63) is 58.6 Å². The van der Waals surface area contributed by atoms with Crippen molar-refractivity contribution in [2.75, 3.05) is 18.4 Å². The molecule has 1 aliphatic rings. The van der Waals surface area contributed by atoms with E-state index in [1.807, 2.05) is 0 Å². The van der Waals surface area contributed by atoms with E-state index >= 15 is 0 Å². The first kappa shape index (κ1) is 24.1. The molecule has 0 aliphatic carbocycles. The summed E-state index contributed by atoms with van der Waals surface area (Å²) in [6.07, 6.45) is 3.92. The Balaban J connectivity index is 1.65. The van der Waals surface area contributed by atoms with Crippen LogP contribution >= 0.6 is 11.6 Å². The SMILES string of the molecule is C[C@@H](NC(=O)[C@@H]1CCCN1C(=O)CNc1cnccc1C(=N)C(N)=O)c1cccc(Cl)c1F. The number of primary amides is 1. The number of benzene rings is 1. The number of amides is 3. The predicted molar refractivity (Wildman–Crippen MR) is 121 cm³/mol. The van der Waals surface area contributed by atoms with E-state index in [0.717, 1.165) is 0 Å². The summed E-state index contributed by atoms with van der Waals surface area (Å²) in [5.41, 5.74) is 5.56. The Bertz CT molecular complexity index is 1100. The van der Waals surface area contributed by atoms with Gasteiger partial charge >= 0.3 is 0 Å². The molecule has 0 radical (unpaired) electrons. The summed E-state index contributed by atoms with van der Waals surface area (Å²) in [4.78, 5) is 42.4. The number of carbonyl (C=O) groups is 3. The van der Waals surface area contributed by atoms with Gasteiger partial charge in [0, 0.05) is 23.9 Å². The van der Waals surface area contributed by atoms with Crippen LogP contribution in [-0.4, -0.2) is 52.4 Å². The van der Waals surface area contributed by atoms with E-state index in [9.17, 15) is 18.8 Å². The van der Waals surface area contributed by atoms with Gasteiger partial charge in [0.25, 0.3) is 5.91 Å². The van der Waals surface area contributed by atoms with E-state index in [0.29, 0.717) is 25.1 Å². The van der Waals surface area contributed by atoms with Crippen LogP contribution in [0.5, 0.6) is 0 Å². The molecule has 1 fully saturated rings. The van der Waals surface area contributed by atoms with Crippen LogP contribution < -0.4 is 16.4 Å². The number of pyridine rings is 1. The maximum absolute atomic E-state index is 14.3. The summed E-state index contributed by atoms with van der Waals surface area (Å²) in [6.45, 7) is 1.87. The fraction of sp³-hybridized carbons (Fsp3) is 0.318. The van der Waals surface area contributed by atoms with Gasteiger partial charge in [-0.3, -0.25) is 24.8 Å². The van der Waals surface area contributed by atoms with E-state index in [1.165, 1.54) is 29.4 Å². The zero-order chi connectivity index (χ0) is 24.1. The molecule has 2 heterocycles. The van der Waals surface area contributed by atoms with Gasteiger partial charge in [0.2, 0.25) is 11.8 Å². The van der Waals surface area contributed by atoms with Gasteiger partial charge in [-0.05, 0) is 31.9 Å². The molecular formula is C22H24ClFN6O3. The summed E-state index contributed by atoms with van der Waals surface area (Å²) < 4.78 is 14.3. The molecule has 9 nitrogen and oxygen atoms in total. The summed E-state index contributed by atoms with van der Waals surface area (Å²) >= 11 is 5.83. The van der Waals surface area contributed by atoms with Gasteiger partial charge in [-0.15, -0.1) is 0 Å². The number of aromatic nitrogens is 1. The number of carbonyl (C=O) groups excluding carboxylic acids is 3. The second kappa shape index (κ2) is 10.4. The van der Waals surface area contributed by atoms with E-state index in [4.69, 9.17) is 22.7 Å². The second-order valence-electron chi connectivity index (χ2n) is 7.63. The molecule has 3 rings (SSSR count). The highest BCUT2D eigenvalue weighted by atomic mass is 35.5. The van der Waals surface area contributed by atoms with Crippen LogP contribution in [0, 0.1) is 11.2 Å². The van der Waals surface area contributed by atoms with Gasteiger partial charge in [0.05, 0.1) is 29.5 Å². The number of rotatable bonds is 8. The van der Waals surface area contributed by atoms with Gasteiger partial charge in [-0.25, -0.2) is 4.39 Å². The van der Waals surface area contributed by atoms with Gasteiger partial charge in [-0.2, -0.15) is 0 Å². The molecule has 0 unspecified atom stereocenters. The smallest absolute Gasteiger partial charge is 0.267 e. The topological polar surface area (TPSA) is 141 Å².